The highest BCUT2D eigenvalue weighted by molar-refractivity contribution is 6.17. The van der Waals surface area contributed by atoms with E-state index in [1.807, 2.05) is 20.8 Å². The molecule has 0 amide bonds. The van der Waals surface area contributed by atoms with Gasteiger partial charge in [0.1, 0.15) is 5.75 Å². The third-order valence-corrected chi connectivity index (χ3v) is 5.05. The molecule has 2 aliphatic carbocycles. The molecule has 1 aromatic rings. The molecule has 3 nitrogen and oxygen atoms in total. The first kappa shape index (κ1) is 13.1. The molecule has 3 atom stereocenters. The van der Waals surface area contributed by atoms with Gasteiger partial charge in [-0.3, -0.25) is 9.59 Å². The van der Waals surface area contributed by atoms with E-state index in [2.05, 4.69) is 0 Å². The number of ketones is 2. The minimum absolute atomic E-state index is 0.000139. The van der Waals surface area contributed by atoms with Crippen LogP contribution < -0.4 is 0 Å². The van der Waals surface area contributed by atoms with Gasteiger partial charge in [-0.15, -0.1) is 0 Å². The number of aromatic hydroxyl groups is 1. The lowest BCUT2D eigenvalue weighted by atomic mass is 9.62. The first-order valence-electron chi connectivity index (χ1n) is 7.00. The Morgan fingerprint density at radius 2 is 1.85 bits per heavy atom. The molecular weight excluding hydrogens is 252 g/mol. The Labute approximate surface area is 118 Å². The average Bonchev–Trinajstić information content (AvgIpc) is 2.41. The minimum atomic E-state index is -0.318. The summed E-state index contributed by atoms with van der Waals surface area (Å²) < 4.78 is 0. The fourth-order valence-electron chi connectivity index (χ4n) is 3.66. The maximum Gasteiger partial charge on any atom is 0.171 e. The van der Waals surface area contributed by atoms with Crippen LogP contribution in [0.4, 0.5) is 0 Å². The fourth-order valence-corrected chi connectivity index (χ4v) is 3.66. The van der Waals surface area contributed by atoms with E-state index in [0.29, 0.717) is 12.0 Å². The number of Topliss-reactive ketones (excluding diaryl/α,β-unsaturated/α-hetero) is 2. The summed E-state index contributed by atoms with van der Waals surface area (Å²) in [5.41, 5.74) is 3.02. The number of carbonyl (C=O) groups excluding carboxylic acids is 2. The third-order valence-electron chi connectivity index (χ3n) is 5.05. The molecule has 0 radical (unpaired) electrons. The lowest BCUT2D eigenvalue weighted by Gasteiger charge is -2.39. The van der Waals surface area contributed by atoms with Crippen LogP contribution in [-0.4, -0.2) is 16.7 Å². The standard InChI is InChI=1S/C17H18O3/c1-8-7-12-14(10(3)9(8)2)16(19)11-5-4-6-13(18)15(11)17(12)20/h4-6,10,12,14,18H,7H2,1-3H3. The van der Waals surface area contributed by atoms with Crippen LogP contribution in [0.2, 0.25) is 0 Å². The molecule has 0 heterocycles. The number of allylic oxidation sites excluding steroid dienone is 2. The van der Waals surface area contributed by atoms with Gasteiger partial charge in [0.05, 0.1) is 5.56 Å². The summed E-state index contributed by atoms with van der Waals surface area (Å²) in [5.74, 6) is -0.666. The Hall–Kier alpha value is -1.90. The predicted octanol–water partition coefficient (Wildman–Crippen LogP) is 3.38. The van der Waals surface area contributed by atoms with Crippen molar-refractivity contribution in [1.82, 2.24) is 0 Å². The van der Waals surface area contributed by atoms with E-state index < -0.39 is 0 Å². The van der Waals surface area contributed by atoms with Crippen molar-refractivity contribution in [2.24, 2.45) is 17.8 Å². The van der Waals surface area contributed by atoms with Crippen molar-refractivity contribution in [2.45, 2.75) is 27.2 Å². The highest BCUT2D eigenvalue weighted by Crippen LogP contribution is 2.46. The van der Waals surface area contributed by atoms with E-state index in [9.17, 15) is 14.7 Å². The number of rotatable bonds is 0. The smallest absolute Gasteiger partial charge is 0.171 e. The summed E-state index contributed by atoms with van der Waals surface area (Å²) >= 11 is 0. The van der Waals surface area contributed by atoms with Crippen LogP contribution in [0, 0.1) is 17.8 Å². The molecule has 3 rings (SSSR count). The van der Waals surface area contributed by atoms with E-state index in [1.54, 1.807) is 12.1 Å². The molecule has 0 fully saturated rings. The van der Waals surface area contributed by atoms with Crippen molar-refractivity contribution in [3.8, 4) is 5.75 Å². The quantitative estimate of drug-likeness (QED) is 0.735. The lowest BCUT2D eigenvalue weighted by Crippen LogP contribution is -2.42. The van der Waals surface area contributed by atoms with Crippen molar-refractivity contribution in [3.63, 3.8) is 0 Å². The molecule has 0 spiro atoms. The summed E-state index contributed by atoms with van der Waals surface area (Å²) in [6.07, 6.45) is 0.624. The molecule has 1 N–H and O–H groups in total. The molecular formula is C17H18O3. The van der Waals surface area contributed by atoms with Gasteiger partial charge in [0.25, 0.3) is 0 Å². The third kappa shape index (κ3) is 1.59. The average molecular weight is 270 g/mol. The number of carbonyl (C=O) groups is 2. The molecule has 0 saturated heterocycles. The Kier molecular flexibility index (Phi) is 2.82. The van der Waals surface area contributed by atoms with Crippen LogP contribution in [0.3, 0.4) is 0 Å². The Morgan fingerprint density at radius 3 is 2.55 bits per heavy atom. The highest BCUT2D eigenvalue weighted by Gasteiger charge is 2.47. The van der Waals surface area contributed by atoms with Crippen molar-refractivity contribution in [2.75, 3.05) is 0 Å². The van der Waals surface area contributed by atoms with Crippen LogP contribution in [0.15, 0.2) is 29.3 Å². The summed E-state index contributed by atoms with van der Waals surface area (Å²) in [6.45, 7) is 6.10. The van der Waals surface area contributed by atoms with Crippen LogP contribution in [0.1, 0.15) is 47.9 Å². The Morgan fingerprint density at radius 1 is 1.15 bits per heavy atom. The van der Waals surface area contributed by atoms with Gasteiger partial charge in [0.15, 0.2) is 11.6 Å². The zero-order valence-corrected chi connectivity index (χ0v) is 11.9. The van der Waals surface area contributed by atoms with Gasteiger partial charge in [-0.1, -0.05) is 30.2 Å². The Bertz CT molecular complexity index is 654. The van der Waals surface area contributed by atoms with Crippen LogP contribution in [0.5, 0.6) is 5.75 Å². The molecule has 104 valence electrons. The van der Waals surface area contributed by atoms with Gasteiger partial charge in [0.2, 0.25) is 0 Å². The molecule has 20 heavy (non-hydrogen) atoms. The second-order valence-corrected chi connectivity index (χ2v) is 6.02. The lowest BCUT2D eigenvalue weighted by molar-refractivity contribution is 0.0672. The second-order valence-electron chi connectivity index (χ2n) is 6.02. The van der Waals surface area contributed by atoms with Gasteiger partial charge in [-0.25, -0.2) is 0 Å². The van der Waals surface area contributed by atoms with Crippen molar-refractivity contribution in [3.05, 3.63) is 40.5 Å². The summed E-state index contributed by atoms with van der Waals surface area (Å²) in [4.78, 5) is 25.4. The molecule has 2 aliphatic rings. The SMILES string of the molecule is CC1=C(C)C(C)C2C(=O)c3cccc(O)c3C(=O)C2C1. The number of hydrogen-bond donors (Lipinski definition) is 1. The second kappa shape index (κ2) is 4.30. The van der Waals surface area contributed by atoms with Crippen molar-refractivity contribution < 1.29 is 14.7 Å². The summed E-state index contributed by atoms with van der Waals surface area (Å²) in [5, 5.41) is 9.93. The molecule has 1 aromatic carbocycles. The van der Waals surface area contributed by atoms with Crippen LogP contribution in [-0.2, 0) is 0 Å². The zero-order valence-electron chi connectivity index (χ0n) is 11.9. The first-order valence-corrected chi connectivity index (χ1v) is 7.00. The maximum atomic E-state index is 12.7. The number of benzene rings is 1. The molecule has 0 saturated carbocycles. The van der Waals surface area contributed by atoms with Gasteiger partial charge in [-0.2, -0.15) is 0 Å². The van der Waals surface area contributed by atoms with Crippen molar-refractivity contribution >= 4 is 11.6 Å². The fraction of sp³-hybridized carbons (Fsp3) is 0.412. The van der Waals surface area contributed by atoms with Crippen LogP contribution in [0.25, 0.3) is 0 Å². The molecule has 0 aliphatic heterocycles. The van der Waals surface area contributed by atoms with Gasteiger partial charge in [0, 0.05) is 17.4 Å². The molecule has 3 unspecified atom stereocenters. The minimum Gasteiger partial charge on any atom is -0.507 e. The number of phenols is 1. The van der Waals surface area contributed by atoms with E-state index in [4.69, 9.17) is 0 Å². The van der Waals surface area contributed by atoms with E-state index in [-0.39, 0.29) is 40.6 Å². The topological polar surface area (TPSA) is 54.4 Å². The molecule has 3 heteroatoms. The van der Waals surface area contributed by atoms with Gasteiger partial charge < -0.3 is 5.11 Å². The monoisotopic (exact) mass is 270 g/mol. The maximum absolute atomic E-state index is 12.7. The molecule has 0 aromatic heterocycles. The van der Waals surface area contributed by atoms with E-state index in [1.165, 1.54) is 17.2 Å². The normalized spacial score (nSPS) is 29.2. The summed E-state index contributed by atoms with van der Waals surface area (Å²) in [7, 11) is 0. The number of hydrogen-bond acceptors (Lipinski definition) is 3. The Balaban J connectivity index is 2.20. The zero-order chi connectivity index (χ0) is 14.6. The van der Waals surface area contributed by atoms with E-state index in [0.717, 1.165) is 0 Å². The van der Waals surface area contributed by atoms with Gasteiger partial charge >= 0.3 is 0 Å². The first-order chi connectivity index (χ1) is 9.43. The number of fused-ring (bicyclic) bond motifs is 2. The van der Waals surface area contributed by atoms with Gasteiger partial charge in [-0.05, 0) is 32.3 Å². The number of phenolic OH excluding ortho intramolecular Hbond substituents is 1. The predicted molar refractivity (Wildman–Crippen MR) is 75.9 cm³/mol. The van der Waals surface area contributed by atoms with E-state index >= 15 is 0 Å². The highest BCUT2D eigenvalue weighted by atomic mass is 16.3. The largest absolute Gasteiger partial charge is 0.507 e. The van der Waals surface area contributed by atoms with Crippen molar-refractivity contribution in [1.29, 1.82) is 0 Å². The molecule has 0 bridgehead atoms. The van der Waals surface area contributed by atoms with Crippen LogP contribution >= 0.6 is 0 Å². The summed E-state index contributed by atoms with van der Waals surface area (Å²) in [6, 6.07) is 4.75.